The lowest BCUT2D eigenvalue weighted by atomic mass is 9.93. The Morgan fingerprint density at radius 1 is 1.00 bits per heavy atom. The molecule has 0 aliphatic rings. The van der Waals surface area contributed by atoms with E-state index in [0.717, 1.165) is 30.6 Å². The molecule has 0 spiro atoms. The van der Waals surface area contributed by atoms with Crippen molar-refractivity contribution in [3.8, 4) is 0 Å². The number of hydrogen-bond acceptors (Lipinski definition) is 2. The van der Waals surface area contributed by atoms with Crippen molar-refractivity contribution in [1.82, 2.24) is 0 Å². The van der Waals surface area contributed by atoms with Crippen molar-refractivity contribution in [3.05, 3.63) is 22.8 Å². The third-order valence-electron chi connectivity index (χ3n) is 3.22. The highest BCUT2D eigenvalue weighted by molar-refractivity contribution is 5.66. The molecule has 0 unspecified atom stereocenters. The zero-order chi connectivity index (χ0) is 12.1. The summed E-state index contributed by atoms with van der Waals surface area (Å²) in [6, 6.07) is 2.07. The fraction of sp³-hybridized carbons (Fsp3) is 0.571. The molecule has 0 aliphatic carbocycles. The molecule has 1 aromatic carbocycles. The zero-order valence-corrected chi connectivity index (χ0v) is 10.8. The van der Waals surface area contributed by atoms with Crippen LogP contribution in [-0.4, -0.2) is 0 Å². The number of benzene rings is 1. The van der Waals surface area contributed by atoms with Crippen molar-refractivity contribution in [1.29, 1.82) is 0 Å². The SMILES string of the molecule is CCCCc1cc(N)c(CC)c(CC)c1N. The fourth-order valence-electron chi connectivity index (χ4n) is 2.28. The lowest BCUT2D eigenvalue weighted by Gasteiger charge is -2.16. The number of aryl methyl sites for hydroxylation is 1. The molecule has 0 radical (unpaired) electrons. The predicted octanol–water partition coefficient (Wildman–Crippen LogP) is 3.32. The number of nitrogens with two attached hydrogens (primary N) is 2. The van der Waals surface area contributed by atoms with E-state index in [2.05, 4.69) is 26.8 Å². The van der Waals surface area contributed by atoms with E-state index in [4.69, 9.17) is 11.5 Å². The second kappa shape index (κ2) is 5.78. The third-order valence-corrected chi connectivity index (χ3v) is 3.22. The first-order chi connectivity index (χ1) is 7.65. The number of unbranched alkanes of at least 4 members (excludes halogenated alkanes) is 1. The molecule has 0 atom stereocenters. The maximum absolute atomic E-state index is 6.22. The van der Waals surface area contributed by atoms with Gasteiger partial charge in [-0.2, -0.15) is 0 Å². The first-order valence-electron chi connectivity index (χ1n) is 6.34. The zero-order valence-electron chi connectivity index (χ0n) is 10.8. The van der Waals surface area contributed by atoms with Gasteiger partial charge in [-0.3, -0.25) is 0 Å². The molecule has 4 N–H and O–H groups in total. The van der Waals surface area contributed by atoms with Crippen molar-refractivity contribution in [2.24, 2.45) is 0 Å². The Labute approximate surface area is 99.0 Å². The molecule has 0 fully saturated rings. The Kier molecular flexibility index (Phi) is 4.66. The van der Waals surface area contributed by atoms with Crippen LogP contribution in [0.2, 0.25) is 0 Å². The highest BCUT2D eigenvalue weighted by atomic mass is 14.6. The predicted molar refractivity (Wildman–Crippen MR) is 72.6 cm³/mol. The van der Waals surface area contributed by atoms with Crippen LogP contribution in [0, 0.1) is 0 Å². The third kappa shape index (κ3) is 2.49. The van der Waals surface area contributed by atoms with Gasteiger partial charge in [-0.05, 0) is 48.4 Å². The van der Waals surface area contributed by atoms with Crippen molar-refractivity contribution in [2.75, 3.05) is 11.5 Å². The molecule has 0 saturated carbocycles. The van der Waals surface area contributed by atoms with E-state index >= 15 is 0 Å². The molecule has 90 valence electrons. The number of nitrogen functional groups attached to an aromatic ring is 2. The summed E-state index contributed by atoms with van der Waals surface area (Å²) in [6.45, 7) is 6.48. The van der Waals surface area contributed by atoms with E-state index in [1.54, 1.807) is 0 Å². The summed E-state index contributed by atoms with van der Waals surface area (Å²) < 4.78 is 0. The van der Waals surface area contributed by atoms with Crippen LogP contribution in [0.4, 0.5) is 11.4 Å². The summed E-state index contributed by atoms with van der Waals surface area (Å²) in [5.41, 5.74) is 17.9. The van der Waals surface area contributed by atoms with E-state index in [1.165, 1.54) is 29.5 Å². The van der Waals surface area contributed by atoms with E-state index in [9.17, 15) is 0 Å². The van der Waals surface area contributed by atoms with Gasteiger partial charge in [-0.1, -0.05) is 27.2 Å². The summed E-state index contributed by atoms with van der Waals surface area (Å²) in [5, 5.41) is 0. The Bertz CT molecular complexity index is 356. The van der Waals surface area contributed by atoms with Gasteiger partial charge >= 0.3 is 0 Å². The van der Waals surface area contributed by atoms with E-state index < -0.39 is 0 Å². The summed E-state index contributed by atoms with van der Waals surface area (Å²) in [5.74, 6) is 0. The molecule has 0 aromatic heterocycles. The smallest absolute Gasteiger partial charge is 0.0383 e. The largest absolute Gasteiger partial charge is 0.398 e. The van der Waals surface area contributed by atoms with E-state index in [0.29, 0.717) is 0 Å². The minimum Gasteiger partial charge on any atom is -0.398 e. The van der Waals surface area contributed by atoms with Gasteiger partial charge in [-0.25, -0.2) is 0 Å². The van der Waals surface area contributed by atoms with Gasteiger partial charge in [0.25, 0.3) is 0 Å². The maximum Gasteiger partial charge on any atom is 0.0383 e. The maximum atomic E-state index is 6.22. The molecule has 0 amide bonds. The van der Waals surface area contributed by atoms with Gasteiger partial charge in [0.05, 0.1) is 0 Å². The van der Waals surface area contributed by atoms with Crippen LogP contribution in [0.1, 0.15) is 50.3 Å². The Balaban J connectivity index is 3.17. The first-order valence-corrected chi connectivity index (χ1v) is 6.34. The van der Waals surface area contributed by atoms with Crippen LogP contribution in [0.25, 0.3) is 0 Å². The topological polar surface area (TPSA) is 52.0 Å². The van der Waals surface area contributed by atoms with Crippen molar-refractivity contribution >= 4 is 11.4 Å². The molecule has 0 heterocycles. The van der Waals surface area contributed by atoms with E-state index in [-0.39, 0.29) is 0 Å². The van der Waals surface area contributed by atoms with Crippen LogP contribution < -0.4 is 11.5 Å². The van der Waals surface area contributed by atoms with Crippen LogP contribution in [0.5, 0.6) is 0 Å². The van der Waals surface area contributed by atoms with Gasteiger partial charge in [0, 0.05) is 11.4 Å². The van der Waals surface area contributed by atoms with Crippen LogP contribution in [0.3, 0.4) is 0 Å². The average molecular weight is 220 g/mol. The molecular weight excluding hydrogens is 196 g/mol. The Hall–Kier alpha value is -1.18. The Morgan fingerprint density at radius 2 is 1.62 bits per heavy atom. The van der Waals surface area contributed by atoms with Gasteiger partial charge in [-0.15, -0.1) is 0 Å². The van der Waals surface area contributed by atoms with Crippen LogP contribution in [-0.2, 0) is 19.3 Å². The summed E-state index contributed by atoms with van der Waals surface area (Å²) in [7, 11) is 0. The normalized spacial score (nSPS) is 10.7. The van der Waals surface area contributed by atoms with Crippen molar-refractivity contribution < 1.29 is 0 Å². The van der Waals surface area contributed by atoms with E-state index in [1.807, 2.05) is 0 Å². The second-order valence-corrected chi connectivity index (χ2v) is 4.31. The molecule has 16 heavy (non-hydrogen) atoms. The highest BCUT2D eigenvalue weighted by Crippen LogP contribution is 2.29. The lowest BCUT2D eigenvalue weighted by molar-refractivity contribution is 0.795. The molecular formula is C14H24N2. The average Bonchev–Trinajstić information content (AvgIpc) is 2.29. The molecule has 0 aliphatic heterocycles. The highest BCUT2D eigenvalue weighted by Gasteiger charge is 2.11. The van der Waals surface area contributed by atoms with Crippen molar-refractivity contribution in [2.45, 2.75) is 52.9 Å². The van der Waals surface area contributed by atoms with Crippen LogP contribution >= 0.6 is 0 Å². The monoisotopic (exact) mass is 220 g/mol. The Morgan fingerprint density at radius 3 is 2.12 bits per heavy atom. The molecule has 1 aromatic rings. The molecule has 2 heteroatoms. The van der Waals surface area contributed by atoms with Gasteiger partial charge in [0.1, 0.15) is 0 Å². The van der Waals surface area contributed by atoms with Gasteiger partial charge < -0.3 is 11.5 Å². The van der Waals surface area contributed by atoms with Crippen molar-refractivity contribution in [3.63, 3.8) is 0 Å². The number of anilines is 2. The minimum absolute atomic E-state index is 0.916. The van der Waals surface area contributed by atoms with Crippen LogP contribution in [0.15, 0.2) is 6.07 Å². The fourth-order valence-corrected chi connectivity index (χ4v) is 2.28. The number of hydrogen-bond donors (Lipinski definition) is 2. The molecule has 0 saturated heterocycles. The quantitative estimate of drug-likeness (QED) is 0.748. The first kappa shape index (κ1) is 12.9. The summed E-state index contributed by atoms with van der Waals surface area (Å²) in [4.78, 5) is 0. The summed E-state index contributed by atoms with van der Waals surface area (Å²) in [6.07, 6.45) is 5.35. The standard InChI is InChI=1S/C14H24N2/c1-4-7-8-10-9-13(15)11(5-2)12(6-3)14(10)16/h9H,4-8,15-16H2,1-3H3. The number of rotatable bonds is 5. The second-order valence-electron chi connectivity index (χ2n) is 4.31. The molecule has 0 bridgehead atoms. The summed E-state index contributed by atoms with van der Waals surface area (Å²) >= 11 is 0. The lowest BCUT2D eigenvalue weighted by Crippen LogP contribution is -2.07. The minimum atomic E-state index is 0.916. The molecule has 1 rings (SSSR count). The van der Waals surface area contributed by atoms with Gasteiger partial charge in [0.2, 0.25) is 0 Å². The van der Waals surface area contributed by atoms with Gasteiger partial charge in [0.15, 0.2) is 0 Å². The molecule has 2 nitrogen and oxygen atoms in total.